The first-order valence-corrected chi connectivity index (χ1v) is 4.41. The molecule has 70 valence electrons. The molecule has 0 aliphatic heterocycles. The quantitative estimate of drug-likeness (QED) is 0.779. The average molecular weight is 198 g/mol. The molecule has 0 heterocycles. The summed E-state index contributed by atoms with van der Waals surface area (Å²) in [7, 11) is 1.87. The standard InChI is InChI=1S/C10H12ClNO/c1-12-4-2-3-8-5-9(11)7-10(13)6-8/h2-3,5-7,12-13H,4H2,1H3. The Morgan fingerprint density at radius 3 is 2.85 bits per heavy atom. The molecule has 1 rings (SSSR count). The Bertz CT molecular complexity index is 290. The van der Waals surface area contributed by atoms with Crippen LogP contribution in [0.2, 0.25) is 5.02 Å². The van der Waals surface area contributed by atoms with Gasteiger partial charge in [0.2, 0.25) is 0 Å². The number of phenols is 1. The highest BCUT2D eigenvalue weighted by atomic mass is 35.5. The van der Waals surface area contributed by atoms with Gasteiger partial charge in [0, 0.05) is 11.6 Å². The summed E-state index contributed by atoms with van der Waals surface area (Å²) in [6, 6.07) is 4.97. The van der Waals surface area contributed by atoms with E-state index in [1.165, 1.54) is 6.07 Å². The van der Waals surface area contributed by atoms with Crippen LogP contribution in [0.3, 0.4) is 0 Å². The van der Waals surface area contributed by atoms with Gasteiger partial charge in [0.1, 0.15) is 5.75 Å². The number of hydrogen-bond donors (Lipinski definition) is 2. The van der Waals surface area contributed by atoms with Crippen molar-refractivity contribution in [1.82, 2.24) is 5.32 Å². The molecule has 2 nitrogen and oxygen atoms in total. The summed E-state index contributed by atoms with van der Waals surface area (Å²) in [6.45, 7) is 0.799. The summed E-state index contributed by atoms with van der Waals surface area (Å²) in [6.07, 6.45) is 3.87. The predicted octanol–water partition coefficient (Wildman–Crippen LogP) is 2.28. The lowest BCUT2D eigenvalue weighted by atomic mass is 10.2. The van der Waals surface area contributed by atoms with E-state index in [1.807, 2.05) is 19.2 Å². The van der Waals surface area contributed by atoms with Crippen LogP contribution in [0.4, 0.5) is 0 Å². The topological polar surface area (TPSA) is 32.3 Å². The lowest BCUT2D eigenvalue weighted by molar-refractivity contribution is 0.475. The first kappa shape index (κ1) is 10.1. The second-order valence-electron chi connectivity index (χ2n) is 2.70. The van der Waals surface area contributed by atoms with Crippen LogP contribution in [-0.2, 0) is 0 Å². The number of benzene rings is 1. The van der Waals surface area contributed by atoms with Gasteiger partial charge >= 0.3 is 0 Å². The molecular weight excluding hydrogens is 186 g/mol. The maximum Gasteiger partial charge on any atom is 0.117 e. The second-order valence-corrected chi connectivity index (χ2v) is 3.14. The Balaban J connectivity index is 2.77. The van der Waals surface area contributed by atoms with Gasteiger partial charge in [-0.3, -0.25) is 0 Å². The molecule has 0 unspecified atom stereocenters. The summed E-state index contributed by atoms with van der Waals surface area (Å²) < 4.78 is 0. The van der Waals surface area contributed by atoms with Crippen molar-refractivity contribution in [3.8, 4) is 5.75 Å². The SMILES string of the molecule is CNCC=Cc1cc(O)cc(Cl)c1. The Morgan fingerprint density at radius 1 is 1.46 bits per heavy atom. The molecule has 0 saturated carbocycles. The van der Waals surface area contributed by atoms with Crippen LogP contribution in [0.25, 0.3) is 6.08 Å². The fraction of sp³-hybridized carbons (Fsp3) is 0.200. The zero-order valence-electron chi connectivity index (χ0n) is 7.42. The van der Waals surface area contributed by atoms with E-state index in [0.29, 0.717) is 5.02 Å². The van der Waals surface area contributed by atoms with Crippen molar-refractivity contribution in [3.63, 3.8) is 0 Å². The van der Waals surface area contributed by atoms with E-state index in [-0.39, 0.29) is 5.75 Å². The summed E-state index contributed by atoms with van der Waals surface area (Å²) in [5, 5.41) is 12.7. The number of phenolic OH excluding ortho intramolecular Hbond substituents is 1. The van der Waals surface area contributed by atoms with Crippen molar-refractivity contribution in [3.05, 3.63) is 34.9 Å². The molecule has 0 amide bonds. The van der Waals surface area contributed by atoms with Crippen molar-refractivity contribution < 1.29 is 5.11 Å². The van der Waals surface area contributed by atoms with Gasteiger partial charge in [0.25, 0.3) is 0 Å². The third-order valence-corrected chi connectivity index (χ3v) is 1.76. The molecule has 3 heteroatoms. The number of aromatic hydroxyl groups is 1. The van der Waals surface area contributed by atoms with Crippen molar-refractivity contribution in [2.75, 3.05) is 13.6 Å². The zero-order valence-corrected chi connectivity index (χ0v) is 8.17. The van der Waals surface area contributed by atoms with Crippen LogP contribution < -0.4 is 5.32 Å². The Kier molecular flexibility index (Phi) is 3.80. The molecule has 0 aromatic heterocycles. The van der Waals surface area contributed by atoms with Gasteiger partial charge in [-0.05, 0) is 30.8 Å². The minimum absolute atomic E-state index is 0.191. The number of likely N-dealkylation sites (N-methyl/N-ethyl adjacent to an activating group) is 1. The first-order chi connectivity index (χ1) is 6.22. The van der Waals surface area contributed by atoms with Crippen molar-refractivity contribution in [1.29, 1.82) is 0 Å². The van der Waals surface area contributed by atoms with E-state index in [4.69, 9.17) is 11.6 Å². The van der Waals surface area contributed by atoms with Crippen molar-refractivity contribution >= 4 is 17.7 Å². The van der Waals surface area contributed by atoms with Crippen LogP contribution in [0, 0.1) is 0 Å². The molecule has 0 spiro atoms. The molecule has 0 fully saturated rings. The summed E-state index contributed by atoms with van der Waals surface area (Å²) in [5.41, 5.74) is 0.903. The van der Waals surface area contributed by atoms with Gasteiger partial charge < -0.3 is 10.4 Å². The maximum atomic E-state index is 9.22. The molecular formula is C10H12ClNO. The van der Waals surface area contributed by atoms with E-state index < -0.39 is 0 Å². The molecule has 0 atom stereocenters. The molecule has 0 saturated heterocycles. The molecule has 0 bridgehead atoms. The third kappa shape index (κ3) is 3.49. The van der Waals surface area contributed by atoms with E-state index in [2.05, 4.69) is 5.32 Å². The summed E-state index contributed by atoms with van der Waals surface area (Å²) in [5.74, 6) is 0.191. The van der Waals surface area contributed by atoms with Gasteiger partial charge in [-0.2, -0.15) is 0 Å². The highest BCUT2D eigenvalue weighted by Crippen LogP contribution is 2.20. The van der Waals surface area contributed by atoms with Crippen molar-refractivity contribution in [2.24, 2.45) is 0 Å². The number of halogens is 1. The lowest BCUT2D eigenvalue weighted by Crippen LogP contribution is -2.03. The van der Waals surface area contributed by atoms with Crippen LogP contribution >= 0.6 is 11.6 Å². The number of hydrogen-bond acceptors (Lipinski definition) is 2. The molecule has 0 radical (unpaired) electrons. The highest BCUT2D eigenvalue weighted by Gasteiger charge is 1.94. The fourth-order valence-corrected chi connectivity index (χ4v) is 1.24. The number of nitrogens with one attached hydrogen (secondary N) is 1. The Morgan fingerprint density at radius 2 is 2.23 bits per heavy atom. The number of rotatable bonds is 3. The largest absolute Gasteiger partial charge is 0.508 e. The van der Waals surface area contributed by atoms with E-state index in [0.717, 1.165) is 12.1 Å². The molecule has 2 N–H and O–H groups in total. The first-order valence-electron chi connectivity index (χ1n) is 4.03. The van der Waals surface area contributed by atoms with Crippen LogP contribution in [0.15, 0.2) is 24.3 Å². The van der Waals surface area contributed by atoms with Gasteiger partial charge in [-0.15, -0.1) is 0 Å². The minimum atomic E-state index is 0.191. The van der Waals surface area contributed by atoms with Gasteiger partial charge in [-0.1, -0.05) is 23.8 Å². The van der Waals surface area contributed by atoms with E-state index in [1.54, 1.807) is 12.1 Å². The smallest absolute Gasteiger partial charge is 0.117 e. The molecule has 0 aliphatic carbocycles. The van der Waals surface area contributed by atoms with Crippen molar-refractivity contribution in [2.45, 2.75) is 0 Å². The third-order valence-electron chi connectivity index (χ3n) is 1.54. The molecule has 1 aromatic rings. The monoisotopic (exact) mass is 197 g/mol. The summed E-state index contributed by atoms with van der Waals surface area (Å²) >= 11 is 5.75. The normalized spacial score (nSPS) is 10.9. The summed E-state index contributed by atoms with van der Waals surface area (Å²) in [4.78, 5) is 0. The van der Waals surface area contributed by atoms with E-state index in [9.17, 15) is 5.11 Å². The van der Waals surface area contributed by atoms with Gasteiger partial charge in [0.05, 0.1) is 0 Å². The van der Waals surface area contributed by atoms with Crippen LogP contribution in [0.5, 0.6) is 5.75 Å². The lowest BCUT2D eigenvalue weighted by Gasteiger charge is -1.97. The van der Waals surface area contributed by atoms with Gasteiger partial charge in [0.15, 0.2) is 0 Å². The second kappa shape index (κ2) is 4.90. The van der Waals surface area contributed by atoms with Gasteiger partial charge in [-0.25, -0.2) is 0 Å². The molecule has 13 heavy (non-hydrogen) atoms. The molecule has 0 aliphatic rings. The van der Waals surface area contributed by atoms with Crippen LogP contribution in [-0.4, -0.2) is 18.7 Å². The van der Waals surface area contributed by atoms with E-state index >= 15 is 0 Å². The fourth-order valence-electron chi connectivity index (χ4n) is 1.01. The average Bonchev–Trinajstić information content (AvgIpc) is 2.03. The maximum absolute atomic E-state index is 9.22. The predicted molar refractivity (Wildman–Crippen MR) is 56.1 cm³/mol. The highest BCUT2D eigenvalue weighted by molar-refractivity contribution is 6.30. The zero-order chi connectivity index (χ0) is 9.68. The van der Waals surface area contributed by atoms with Crippen LogP contribution in [0.1, 0.15) is 5.56 Å². The minimum Gasteiger partial charge on any atom is -0.508 e. The Hall–Kier alpha value is -0.990. The molecule has 1 aromatic carbocycles. The Labute approximate surface area is 82.8 Å².